The fourth-order valence-electron chi connectivity index (χ4n) is 1.75. The minimum atomic E-state index is -0.752. The van der Waals surface area contributed by atoms with Crippen molar-refractivity contribution in [3.05, 3.63) is 40.3 Å². The predicted molar refractivity (Wildman–Crippen MR) is 74.9 cm³/mol. The fourth-order valence-corrected chi connectivity index (χ4v) is 2.62. The first kappa shape index (κ1) is 13.8. The van der Waals surface area contributed by atoms with Crippen molar-refractivity contribution in [3.8, 4) is 11.5 Å². The highest BCUT2D eigenvalue weighted by atomic mass is 32.1. The van der Waals surface area contributed by atoms with E-state index < -0.39 is 6.10 Å². The van der Waals surface area contributed by atoms with E-state index in [1.807, 2.05) is 25.3 Å². The van der Waals surface area contributed by atoms with Crippen molar-refractivity contribution in [2.45, 2.75) is 26.1 Å². The monoisotopic (exact) mass is 279 g/mol. The van der Waals surface area contributed by atoms with Crippen LogP contribution >= 0.6 is 11.3 Å². The number of methoxy groups -OCH3 is 1. The van der Waals surface area contributed by atoms with Crippen LogP contribution in [0.5, 0.6) is 11.5 Å². The van der Waals surface area contributed by atoms with Crippen molar-refractivity contribution in [1.29, 1.82) is 0 Å². The molecule has 5 heteroatoms. The zero-order valence-corrected chi connectivity index (χ0v) is 12.0. The van der Waals surface area contributed by atoms with Gasteiger partial charge in [-0.05, 0) is 31.4 Å². The van der Waals surface area contributed by atoms with Crippen LogP contribution < -0.4 is 9.47 Å². The molecule has 0 saturated heterocycles. The molecule has 2 heterocycles. The standard InChI is InChI=1S/C14H17NO3S/c1-9(2)18-11-6-10(7-15-8-11)13(16)14-12(17-3)4-5-19-14/h4-9,13,16H,1-3H3. The van der Waals surface area contributed by atoms with Gasteiger partial charge in [-0.2, -0.15) is 0 Å². The second kappa shape index (κ2) is 6.04. The Hall–Kier alpha value is -1.59. The van der Waals surface area contributed by atoms with E-state index in [2.05, 4.69) is 4.98 Å². The van der Waals surface area contributed by atoms with Crippen LogP contribution in [0.4, 0.5) is 0 Å². The maximum absolute atomic E-state index is 10.4. The highest BCUT2D eigenvalue weighted by Gasteiger charge is 2.18. The fraction of sp³-hybridized carbons (Fsp3) is 0.357. The second-order valence-electron chi connectivity index (χ2n) is 4.38. The molecule has 19 heavy (non-hydrogen) atoms. The Morgan fingerprint density at radius 2 is 2.11 bits per heavy atom. The summed E-state index contributed by atoms with van der Waals surface area (Å²) in [6.07, 6.45) is 2.60. The molecule has 102 valence electrons. The highest BCUT2D eigenvalue weighted by molar-refractivity contribution is 7.10. The largest absolute Gasteiger partial charge is 0.495 e. The summed E-state index contributed by atoms with van der Waals surface area (Å²) >= 11 is 1.45. The number of aliphatic hydroxyl groups excluding tert-OH is 1. The average molecular weight is 279 g/mol. The lowest BCUT2D eigenvalue weighted by molar-refractivity contribution is 0.214. The molecule has 0 fully saturated rings. The molecule has 0 spiro atoms. The maximum atomic E-state index is 10.4. The van der Waals surface area contributed by atoms with Crippen molar-refractivity contribution in [2.24, 2.45) is 0 Å². The molecule has 0 radical (unpaired) electrons. The van der Waals surface area contributed by atoms with Gasteiger partial charge in [0.1, 0.15) is 17.6 Å². The maximum Gasteiger partial charge on any atom is 0.138 e. The number of ether oxygens (including phenoxy) is 2. The Balaban J connectivity index is 2.26. The lowest BCUT2D eigenvalue weighted by Gasteiger charge is -2.14. The summed E-state index contributed by atoms with van der Waals surface area (Å²) in [6, 6.07) is 3.64. The first-order chi connectivity index (χ1) is 9.11. The topological polar surface area (TPSA) is 51.6 Å². The molecule has 0 saturated carbocycles. The third-order valence-corrected chi connectivity index (χ3v) is 3.50. The van der Waals surface area contributed by atoms with Gasteiger partial charge in [-0.3, -0.25) is 4.98 Å². The van der Waals surface area contributed by atoms with Gasteiger partial charge >= 0.3 is 0 Å². The van der Waals surface area contributed by atoms with E-state index in [0.717, 1.165) is 4.88 Å². The summed E-state index contributed by atoms with van der Waals surface area (Å²) in [5, 5.41) is 12.3. The minimum Gasteiger partial charge on any atom is -0.495 e. The molecule has 2 aromatic heterocycles. The summed E-state index contributed by atoms with van der Waals surface area (Å²) in [4.78, 5) is 4.87. The number of nitrogens with zero attached hydrogens (tertiary/aromatic N) is 1. The van der Waals surface area contributed by atoms with Gasteiger partial charge in [-0.1, -0.05) is 0 Å². The van der Waals surface area contributed by atoms with E-state index in [1.165, 1.54) is 11.3 Å². The van der Waals surface area contributed by atoms with Crippen LogP contribution in [-0.4, -0.2) is 23.3 Å². The lowest BCUT2D eigenvalue weighted by atomic mass is 10.1. The third kappa shape index (κ3) is 3.24. The Morgan fingerprint density at radius 3 is 2.79 bits per heavy atom. The zero-order valence-electron chi connectivity index (χ0n) is 11.2. The first-order valence-corrected chi connectivity index (χ1v) is 6.91. The van der Waals surface area contributed by atoms with E-state index in [9.17, 15) is 5.11 Å². The van der Waals surface area contributed by atoms with E-state index in [-0.39, 0.29) is 6.10 Å². The molecule has 0 aliphatic rings. The number of hydrogen-bond acceptors (Lipinski definition) is 5. The predicted octanol–water partition coefficient (Wildman–Crippen LogP) is 3.02. The van der Waals surface area contributed by atoms with E-state index in [1.54, 1.807) is 25.6 Å². The van der Waals surface area contributed by atoms with E-state index >= 15 is 0 Å². The number of pyridine rings is 1. The van der Waals surface area contributed by atoms with Crippen LogP contribution in [0.1, 0.15) is 30.4 Å². The van der Waals surface area contributed by atoms with Gasteiger partial charge < -0.3 is 14.6 Å². The molecular weight excluding hydrogens is 262 g/mol. The number of aliphatic hydroxyl groups is 1. The summed E-state index contributed by atoms with van der Waals surface area (Å²) in [6.45, 7) is 3.90. The molecule has 2 rings (SSSR count). The van der Waals surface area contributed by atoms with Gasteiger partial charge in [-0.25, -0.2) is 0 Å². The van der Waals surface area contributed by atoms with Gasteiger partial charge in [0.2, 0.25) is 0 Å². The van der Waals surface area contributed by atoms with Crippen molar-refractivity contribution in [1.82, 2.24) is 4.98 Å². The number of thiophene rings is 1. The van der Waals surface area contributed by atoms with Crippen LogP contribution in [0.25, 0.3) is 0 Å². The molecule has 1 unspecified atom stereocenters. The molecule has 0 bridgehead atoms. The Labute approximate surface area is 116 Å². The first-order valence-electron chi connectivity index (χ1n) is 6.03. The van der Waals surface area contributed by atoms with Gasteiger partial charge in [0.15, 0.2) is 0 Å². The SMILES string of the molecule is COc1ccsc1C(O)c1cncc(OC(C)C)c1. The van der Waals surface area contributed by atoms with Crippen molar-refractivity contribution in [3.63, 3.8) is 0 Å². The number of rotatable bonds is 5. The van der Waals surface area contributed by atoms with Crippen molar-refractivity contribution in [2.75, 3.05) is 7.11 Å². The molecule has 0 aromatic carbocycles. The molecule has 1 atom stereocenters. The Morgan fingerprint density at radius 1 is 1.32 bits per heavy atom. The lowest BCUT2D eigenvalue weighted by Crippen LogP contribution is -2.07. The quantitative estimate of drug-likeness (QED) is 0.914. The van der Waals surface area contributed by atoms with Crippen LogP contribution in [0.15, 0.2) is 29.9 Å². The van der Waals surface area contributed by atoms with E-state index in [4.69, 9.17) is 9.47 Å². The number of aromatic nitrogens is 1. The van der Waals surface area contributed by atoms with Gasteiger partial charge in [-0.15, -0.1) is 11.3 Å². The summed E-state index contributed by atoms with van der Waals surface area (Å²) in [7, 11) is 1.59. The van der Waals surface area contributed by atoms with Crippen LogP contribution in [0.3, 0.4) is 0 Å². The normalized spacial score (nSPS) is 12.5. The van der Waals surface area contributed by atoms with Crippen LogP contribution in [0.2, 0.25) is 0 Å². The van der Waals surface area contributed by atoms with Crippen molar-refractivity contribution < 1.29 is 14.6 Å². The molecule has 0 aliphatic carbocycles. The summed E-state index contributed by atoms with van der Waals surface area (Å²) < 4.78 is 10.8. The van der Waals surface area contributed by atoms with Gasteiger partial charge in [0, 0.05) is 11.8 Å². The Kier molecular flexibility index (Phi) is 4.39. The second-order valence-corrected chi connectivity index (χ2v) is 5.32. The van der Waals surface area contributed by atoms with Gasteiger partial charge in [0.05, 0.1) is 24.3 Å². The van der Waals surface area contributed by atoms with Crippen LogP contribution in [-0.2, 0) is 0 Å². The zero-order chi connectivity index (χ0) is 13.8. The molecule has 1 N–H and O–H groups in total. The minimum absolute atomic E-state index is 0.0745. The molecule has 2 aromatic rings. The highest BCUT2D eigenvalue weighted by Crippen LogP contribution is 2.35. The third-order valence-electron chi connectivity index (χ3n) is 2.55. The van der Waals surface area contributed by atoms with Gasteiger partial charge in [0.25, 0.3) is 0 Å². The molecule has 4 nitrogen and oxygen atoms in total. The Bertz CT molecular complexity index is 539. The summed E-state index contributed by atoms with van der Waals surface area (Å²) in [5.41, 5.74) is 0.693. The smallest absolute Gasteiger partial charge is 0.138 e. The summed E-state index contributed by atoms with van der Waals surface area (Å²) in [5.74, 6) is 1.34. The van der Waals surface area contributed by atoms with Crippen LogP contribution in [0, 0.1) is 0 Å². The van der Waals surface area contributed by atoms with E-state index in [0.29, 0.717) is 17.1 Å². The molecule has 0 aliphatic heterocycles. The number of hydrogen-bond donors (Lipinski definition) is 1. The van der Waals surface area contributed by atoms with Crippen molar-refractivity contribution >= 4 is 11.3 Å². The molecule has 0 amide bonds. The average Bonchev–Trinajstić information content (AvgIpc) is 2.85. The molecular formula is C14H17NO3S.